The summed E-state index contributed by atoms with van der Waals surface area (Å²) in [4.78, 5) is 2.61. The predicted octanol–water partition coefficient (Wildman–Crippen LogP) is 3.19. The van der Waals surface area contributed by atoms with E-state index in [4.69, 9.17) is 0 Å². The molecule has 0 spiro atoms. The lowest BCUT2D eigenvalue weighted by molar-refractivity contribution is -0.0671. The number of aliphatic hydroxyl groups is 1. The van der Waals surface area contributed by atoms with Gasteiger partial charge in [-0.3, -0.25) is 4.90 Å². The molecule has 0 radical (unpaired) electrons. The Hall–Kier alpha value is -0.0800. The molecule has 0 amide bonds. The molecule has 2 nitrogen and oxygen atoms in total. The smallest absolute Gasteiger partial charge is 0.0746 e. The van der Waals surface area contributed by atoms with Crippen LogP contribution in [0.1, 0.15) is 65.7 Å². The fraction of sp³-hybridized carbons (Fsp3) is 1.00. The lowest BCUT2D eigenvalue weighted by atomic mass is 9.72. The molecule has 17 heavy (non-hydrogen) atoms. The highest BCUT2D eigenvalue weighted by molar-refractivity contribution is 4.95. The molecule has 2 aliphatic carbocycles. The van der Waals surface area contributed by atoms with E-state index in [2.05, 4.69) is 25.7 Å². The monoisotopic (exact) mass is 239 g/mol. The maximum Gasteiger partial charge on any atom is 0.0746 e. The lowest BCUT2D eigenvalue weighted by Gasteiger charge is -2.47. The summed E-state index contributed by atoms with van der Waals surface area (Å²) in [7, 11) is 0. The van der Waals surface area contributed by atoms with Crippen molar-refractivity contribution < 1.29 is 5.11 Å². The predicted molar refractivity (Wildman–Crippen MR) is 72.1 cm³/mol. The number of rotatable bonds is 3. The van der Waals surface area contributed by atoms with Crippen LogP contribution < -0.4 is 0 Å². The molecule has 2 fully saturated rings. The molecule has 0 aromatic rings. The highest BCUT2D eigenvalue weighted by atomic mass is 16.3. The van der Waals surface area contributed by atoms with Crippen molar-refractivity contribution in [3.05, 3.63) is 0 Å². The Labute approximate surface area is 106 Å². The number of hydrogen-bond donors (Lipinski definition) is 1. The van der Waals surface area contributed by atoms with Gasteiger partial charge in [-0.15, -0.1) is 0 Å². The minimum Gasteiger partial charge on any atom is -0.391 e. The molecule has 1 N–H and O–H groups in total. The second-order valence-corrected chi connectivity index (χ2v) is 6.66. The van der Waals surface area contributed by atoms with Crippen molar-refractivity contribution in [2.45, 2.75) is 83.9 Å². The van der Waals surface area contributed by atoms with E-state index in [1.165, 1.54) is 44.9 Å². The normalized spacial score (nSPS) is 34.4. The first-order valence-electron chi connectivity index (χ1n) is 7.50. The van der Waals surface area contributed by atoms with Gasteiger partial charge in [0.25, 0.3) is 0 Å². The zero-order valence-corrected chi connectivity index (χ0v) is 11.8. The Balaban J connectivity index is 2.07. The highest BCUT2D eigenvalue weighted by Gasteiger charge is 2.41. The third-order valence-electron chi connectivity index (χ3n) is 5.07. The van der Waals surface area contributed by atoms with Crippen LogP contribution in [0.4, 0.5) is 0 Å². The van der Waals surface area contributed by atoms with Gasteiger partial charge in [0.2, 0.25) is 0 Å². The first kappa shape index (κ1) is 13.4. The fourth-order valence-electron chi connectivity index (χ4n) is 3.94. The van der Waals surface area contributed by atoms with Gasteiger partial charge in [-0.1, -0.05) is 40.0 Å². The Kier molecular flexibility index (Phi) is 4.14. The number of likely N-dealkylation sites (N-methyl/N-ethyl adjacent to an activating group) is 1. The van der Waals surface area contributed by atoms with E-state index in [0.717, 1.165) is 12.6 Å². The Morgan fingerprint density at radius 1 is 1.12 bits per heavy atom. The zero-order valence-electron chi connectivity index (χ0n) is 11.8. The van der Waals surface area contributed by atoms with Crippen LogP contribution in [0.5, 0.6) is 0 Å². The molecule has 2 atom stereocenters. The summed E-state index contributed by atoms with van der Waals surface area (Å²) < 4.78 is 0. The van der Waals surface area contributed by atoms with Crippen LogP contribution >= 0.6 is 0 Å². The van der Waals surface area contributed by atoms with Crippen molar-refractivity contribution >= 4 is 0 Å². The molecule has 0 aromatic carbocycles. The lowest BCUT2D eigenvalue weighted by Crippen LogP contribution is -2.54. The quantitative estimate of drug-likeness (QED) is 0.817. The van der Waals surface area contributed by atoms with Crippen LogP contribution in [0, 0.1) is 5.41 Å². The Bertz CT molecular complexity index is 245. The van der Waals surface area contributed by atoms with E-state index in [1.54, 1.807) is 0 Å². The van der Waals surface area contributed by atoms with E-state index < -0.39 is 0 Å². The first-order chi connectivity index (χ1) is 8.06. The van der Waals surface area contributed by atoms with Crippen LogP contribution in [0.3, 0.4) is 0 Å². The molecule has 0 aliphatic heterocycles. The standard InChI is InChI=1S/C15H29NO/c1-4-16(12-8-5-6-9-12)13-10-7-11-15(2,3)14(13)17/h12-14,17H,4-11H2,1-3H3. The van der Waals surface area contributed by atoms with Crippen molar-refractivity contribution in [2.75, 3.05) is 6.54 Å². The van der Waals surface area contributed by atoms with Gasteiger partial charge in [0.15, 0.2) is 0 Å². The minimum absolute atomic E-state index is 0.106. The molecule has 2 aliphatic rings. The van der Waals surface area contributed by atoms with Crippen LogP contribution in [-0.2, 0) is 0 Å². The summed E-state index contributed by atoms with van der Waals surface area (Å²) in [6.45, 7) is 7.81. The third kappa shape index (κ3) is 2.68. The molecule has 0 saturated heterocycles. The molecule has 0 bridgehead atoms. The summed E-state index contributed by atoms with van der Waals surface area (Å²) in [5.41, 5.74) is 0.106. The second-order valence-electron chi connectivity index (χ2n) is 6.66. The highest BCUT2D eigenvalue weighted by Crippen LogP contribution is 2.39. The molecular weight excluding hydrogens is 210 g/mol. The van der Waals surface area contributed by atoms with E-state index in [-0.39, 0.29) is 11.5 Å². The molecule has 2 saturated carbocycles. The third-order valence-corrected chi connectivity index (χ3v) is 5.07. The van der Waals surface area contributed by atoms with Crippen molar-refractivity contribution in [2.24, 2.45) is 5.41 Å². The van der Waals surface area contributed by atoms with Gasteiger partial charge in [-0.25, -0.2) is 0 Å². The van der Waals surface area contributed by atoms with E-state index in [1.807, 2.05) is 0 Å². The molecule has 0 heterocycles. The fourth-order valence-corrected chi connectivity index (χ4v) is 3.94. The van der Waals surface area contributed by atoms with E-state index in [0.29, 0.717) is 6.04 Å². The second kappa shape index (κ2) is 5.27. The summed E-state index contributed by atoms with van der Waals surface area (Å²) in [5.74, 6) is 0. The summed E-state index contributed by atoms with van der Waals surface area (Å²) in [6.07, 6.45) is 8.95. The number of hydrogen-bond acceptors (Lipinski definition) is 2. The number of nitrogens with zero attached hydrogens (tertiary/aromatic N) is 1. The van der Waals surface area contributed by atoms with Crippen LogP contribution in [0.25, 0.3) is 0 Å². The SMILES string of the molecule is CCN(C1CCCC1)C1CCCC(C)(C)C1O. The van der Waals surface area contributed by atoms with Crippen LogP contribution in [0.15, 0.2) is 0 Å². The molecule has 2 unspecified atom stereocenters. The molecule has 2 rings (SSSR count). The maximum atomic E-state index is 10.6. The van der Waals surface area contributed by atoms with Crippen molar-refractivity contribution in [1.29, 1.82) is 0 Å². The van der Waals surface area contributed by atoms with Gasteiger partial charge < -0.3 is 5.11 Å². The van der Waals surface area contributed by atoms with E-state index >= 15 is 0 Å². The minimum atomic E-state index is -0.142. The average molecular weight is 239 g/mol. The van der Waals surface area contributed by atoms with Gasteiger partial charge in [0.1, 0.15) is 0 Å². The van der Waals surface area contributed by atoms with Gasteiger partial charge in [0.05, 0.1) is 6.10 Å². The van der Waals surface area contributed by atoms with Crippen LogP contribution in [-0.4, -0.2) is 34.7 Å². The van der Waals surface area contributed by atoms with E-state index in [9.17, 15) is 5.11 Å². The molecule has 0 aromatic heterocycles. The zero-order chi connectivity index (χ0) is 12.5. The number of aliphatic hydroxyl groups excluding tert-OH is 1. The topological polar surface area (TPSA) is 23.5 Å². The van der Waals surface area contributed by atoms with Crippen LogP contribution in [0.2, 0.25) is 0 Å². The average Bonchev–Trinajstić information content (AvgIpc) is 2.79. The maximum absolute atomic E-state index is 10.6. The van der Waals surface area contributed by atoms with Crippen molar-refractivity contribution in [3.63, 3.8) is 0 Å². The summed E-state index contributed by atoms with van der Waals surface area (Å²) in [6, 6.07) is 1.15. The van der Waals surface area contributed by atoms with Gasteiger partial charge in [-0.05, 0) is 37.6 Å². The Morgan fingerprint density at radius 3 is 2.35 bits per heavy atom. The van der Waals surface area contributed by atoms with Crippen molar-refractivity contribution in [1.82, 2.24) is 4.90 Å². The van der Waals surface area contributed by atoms with Crippen molar-refractivity contribution in [3.8, 4) is 0 Å². The molecular formula is C15H29NO. The summed E-state index contributed by atoms with van der Waals surface area (Å²) in [5, 5.41) is 10.6. The first-order valence-corrected chi connectivity index (χ1v) is 7.50. The Morgan fingerprint density at radius 2 is 1.76 bits per heavy atom. The summed E-state index contributed by atoms with van der Waals surface area (Å²) >= 11 is 0. The molecule has 2 heteroatoms. The largest absolute Gasteiger partial charge is 0.391 e. The van der Waals surface area contributed by atoms with Gasteiger partial charge >= 0.3 is 0 Å². The molecule has 100 valence electrons. The van der Waals surface area contributed by atoms with Gasteiger partial charge in [-0.2, -0.15) is 0 Å². The van der Waals surface area contributed by atoms with Gasteiger partial charge in [0, 0.05) is 12.1 Å².